The predicted octanol–water partition coefficient (Wildman–Crippen LogP) is 2.82. The summed E-state index contributed by atoms with van der Waals surface area (Å²) >= 11 is 0. The summed E-state index contributed by atoms with van der Waals surface area (Å²) in [5.41, 5.74) is -0.406. The summed E-state index contributed by atoms with van der Waals surface area (Å²) in [6, 6.07) is 0. The van der Waals surface area contributed by atoms with Crippen LogP contribution in [0.2, 0.25) is 0 Å². The fraction of sp³-hybridized carbons (Fsp3) is 0.750. The molecule has 0 fully saturated rings. The molecule has 0 N–H and O–H groups in total. The van der Waals surface area contributed by atoms with Crippen molar-refractivity contribution < 1.29 is 9.53 Å². The summed E-state index contributed by atoms with van der Waals surface area (Å²) in [5, 5.41) is 0. The molecule has 0 spiro atoms. The minimum Gasteiger partial charge on any atom is -0.444 e. The van der Waals surface area contributed by atoms with Gasteiger partial charge in [-0.15, -0.1) is 0 Å². The van der Waals surface area contributed by atoms with Crippen molar-refractivity contribution in [3.63, 3.8) is 0 Å². The number of carbonyl (C=O) groups is 1. The molecule has 1 atom stereocenters. The average Bonchev–Trinajstić information content (AvgIpc) is 2.26. The van der Waals surface area contributed by atoms with Crippen molar-refractivity contribution in [1.82, 2.24) is 4.90 Å². The largest absolute Gasteiger partial charge is 0.444 e. The molecule has 3 heteroatoms. The molecule has 0 saturated heterocycles. The summed E-state index contributed by atoms with van der Waals surface area (Å²) < 4.78 is 5.33. The number of ether oxygens (including phenoxy) is 1. The van der Waals surface area contributed by atoms with E-state index in [1.165, 1.54) is 0 Å². The van der Waals surface area contributed by atoms with Gasteiger partial charge in [0.05, 0.1) is 0 Å². The highest BCUT2D eigenvalue weighted by atomic mass is 16.6. The highest BCUT2D eigenvalue weighted by Gasteiger charge is 2.23. The van der Waals surface area contributed by atoms with Crippen molar-refractivity contribution in [2.75, 3.05) is 13.1 Å². The van der Waals surface area contributed by atoms with Crippen molar-refractivity contribution in [2.24, 2.45) is 5.92 Å². The van der Waals surface area contributed by atoms with Gasteiger partial charge in [-0.05, 0) is 33.1 Å². The molecule has 0 saturated carbocycles. The molecule has 0 bridgehead atoms. The second kappa shape index (κ2) is 4.69. The van der Waals surface area contributed by atoms with Gasteiger partial charge in [0.2, 0.25) is 0 Å². The number of nitrogens with zero attached hydrogens (tertiary/aromatic N) is 1. The molecule has 15 heavy (non-hydrogen) atoms. The first-order valence-electron chi connectivity index (χ1n) is 5.51. The lowest BCUT2D eigenvalue weighted by atomic mass is 10.1. The summed E-state index contributed by atoms with van der Waals surface area (Å²) in [5.74, 6) is 0.510. The highest BCUT2D eigenvalue weighted by Crippen LogP contribution is 2.14. The number of amides is 1. The molecule has 0 aromatic rings. The summed E-state index contributed by atoms with van der Waals surface area (Å²) in [6.07, 6.45) is 5.00. The topological polar surface area (TPSA) is 29.5 Å². The van der Waals surface area contributed by atoms with E-state index in [1.54, 1.807) is 4.90 Å². The maximum absolute atomic E-state index is 11.8. The molecule has 1 aliphatic rings. The smallest absolute Gasteiger partial charge is 0.410 e. The van der Waals surface area contributed by atoms with Gasteiger partial charge in [-0.25, -0.2) is 4.79 Å². The van der Waals surface area contributed by atoms with E-state index in [0.29, 0.717) is 12.5 Å². The standard InChI is InChI=1S/C12H21NO2/c1-10-7-5-6-8-13(9-10)11(14)15-12(2,3)4/h5-6,10H,7-9H2,1-4H3. The lowest BCUT2D eigenvalue weighted by Crippen LogP contribution is -2.38. The minimum atomic E-state index is -0.406. The monoisotopic (exact) mass is 211 g/mol. The summed E-state index contributed by atoms with van der Waals surface area (Å²) in [6.45, 7) is 9.26. The van der Waals surface area contributed by atoms with Crippen molar-refractivity contribution in [2.45, 2.75) is 39.7 Å². The van der Waals surface area contributed by atoms with Gasteiger partial charge in [0.15, 0.2) is 0 Å². The molecule has 1 aliphatic heterocycles. The molecule has 0 aromatic carbocycles. The van der Waals surface area contributed by atoms with E-state index in [9.17, 15) is 4.79 Å². The zero-order valence-corrected chi connectivity index (χ0v) is 10.1. The molecule has 0 radical (unpaired) electrons. The van der Waals surface area contributed by atoms with Gasteiger partial charge in [-0.2, -0.15) is 0 Å². The normalized spacial score (nSPS) is 22.4. The van der Waals surface area contributed by atoms with Crippen molar-refractivity contribution >= 4 is 6.09 Å². The Hall–Kier alpha value is -0.990. The highest BCUT2D eigenvalue weighted by molar-refractivity contribution is 5.68. The molecule has 1 rings (SSSR count). The Balaban J connectivity index is 2.55. The van der Waals surface area contributed by atoms with Crippen LogP contribution in [0, 0.1) is 5.92 Å². The van der Waals surface area contributed by atoms with E-state index < -0.39 is 5.60 Å². The predicted molar refractivity (Wildman–Crippen MR) is 60.7 cm³/mol. The van der Waals surface area contributed by atoms with Crippen LogP contribution in [0.4, 0.5) is 4.79 Å². The van der Waals surface area contributed by atoms with Crippen molar-refractivity contribution in [3.8, 4) is 0 Å². The van der Waals surface area contributed by atoms with Gasteiger partial charge in [0.25, 0.3) is 0 Å². The molecular weight excluding hydrogens is 190 g/mol. The Kier molecular flexibility index (Phi) is 3.77. The van der Waals surface area contributed by atoms with Crippen LogP contribution < -0.4 is 0 Å². The second-order valence-corrected chi connectivity index (χ2v) is 5.20. The number of hydrogen-bond donors (Lipinski definition) is 0. The molecule has 0 aromatic heterocycles. The van der Waals surface area contributed by atoms with E-state index in [1.807, 2.05) is 26.8 Å². The lowest BCUT2D eigenvalue weighted by molar-refractivity contribution is 0.0253. The van der Waals surface area contributed by atoms with Gasteiger partial charge in [0.1, 0.15) is 5.60 Å². The van der Waals surface area contributed by atoms with Crippen LogP contribution in [0.1, 0.15) is 34.1 Å². The Morgan fingerprint density at radius 2 is 2.07 bits per heavy atom. The van der Waals surface area contributed by atoms with E-state index in [0.717, 1.165) is 13.0 Å². The molecule has 1 heterocycles. The molecular formula is C12H21NO2. The molecule has 86 valence electrons. The Labute approximate surface area is 92.1 Å². The van der Waals surface area contributed by atoms with E-state index in [-0.39, 0.29) is 6.09 Å². The van der Waals surface area contributed by atoms with Crippen LogP contribution in [-0.2, 0) is 4.74 Å². The number of allylic oxidation sites excluding steroid dienone is 1. The fourth-order valence-electron chi connectivity index (χ4n) is 1.53. The van der Waals surface area contributed by atoms with Crippen LogP contribution in [0.15, 0.2) is 12.2 Å². The van der Waals surface area contributed by atoms with Crippen LogP contribution in [0.25, 0.3) is 0 Å². The van der Waals surface area contributed by atoms with Gasteiger partial charge in [-0.1, -0.05) is 19.1 Å². The molecule has 3 nitrogen and oxygen atoms in total. The van der Waals surface area contributed by atoms with Gasteiger partial charge >= 0.3 is 6.09 Å². The van der Waals surface area contributed by atoms with E-state index in [4.69, 9.17) is 4.74 Å². The maximum Gasteiger partial charge on any atom is 0.410 e. The zero-order chi connectivity index (χ0) is 11.5. The Bertz CT molecular complexity index is 253. The van der Waals surface area contributed by atoms with Crippen LogP contribution in [0.3, 0.4) is 0 Å². The van der Waals surface area contributed by atoms with E-state index in [2.05, 4.69) is 13.0 Å². The number of carbonyl (C=O) groups excluding carboxylic acids is 1. The van der Waals surface area contributed by atoms with Gasteiger partial charge in [0, 0.05) is 13.1 Å². The van der Waals surface area contributed by atoms with Crippen LogP contribution in [0.5, 0.6) is 0 Å². The van der Waals surface area contributed by atoms with Gasteiger partial charge in [-0.3, -0.25) is 0 Å². The zero-order valence-electron chi connectivity index (χ0n) is 10.1. The first-order valence-corrected chi connectivity index (χ1v) is 5.51. The second-order valence-electron chi connectivity index (χ2n) is 5.20. The number of hydrogen-bond acceptors (Lipinski definition) is 2. The van der Waals surface area contributed by atoms with Crippen molar-refractivity contribution in [3.05, 3.63) is 12.2 Å². The van der Waals surface area contributed by atoms with Crippen LogP contribution >= 0.6 is 0 Å². The third kappa shape index (κ3) is 4.36. The van der Waals surface area contributed by atoms with E-state index >= 15 is 0 Å². The summed E-state index contributed by atoms with van der Waals surface area (Å²) in [7, 11) is 0. The average molecular weight is 211 g/mol. The minimum absolute atomic E-state index is 0.207. The third-order valence-electron chi connectivity index (χ3n) is 2.21. The van der Waals surface area contributed by atoms with Crippen molar-refractivity contribution in [1.29, 1.82) is 0 Å². The number of rotatable bonds is 0. The molecule has 1 amide bonds. The lowest BCUT2D eigenvalue weighted by Gasteiger charge is -2.27. The van der Waals surface area contributed by atoms with Crippen LogP contribution in [-0.4, -0.2) is 29.7 Å². The van der Waals surface area contributed by atoms with Gasteiger partial charge < -0.3 is 9.64 Å². The molecule has 1 unspecified atom stereocenters. The fourth-order valence-corrected chi connectivity index (χ4v) is 1.53. The SMILES string of the molecule is CC1CC=CCN(C(=O)OC(C)(C)C)C1. The Morgan fingerprint density at radius 1 is 1.40 bits per heavy atom. The third-order valence-corrected chi connectivity index (χ3v) is 2.21. The maximum atomic E-state index is 11.8. The first kappa shape index (κ1) is 12.1. The summed E-state index contributed by atoms with van der Waals surface area (Å²) in [4.78, 5) is 13.5. The first-order chi connectivity index (χ1) is 6.88. The quantitative estimate of drug-likeness (QED) is 0.577. The molecule has 0 aliphatic carbocycles. The Morgan fingerprint density at radius 3 is 2.67 bits per heavy atom.